The van der Waals surface area contributed by atoms with Crippen LogP contribution < -0.4 is 5.84 Å². The van der Waals surface area contributed by atoms with Gasteiger partial charge >= 0.3 is 0 Å². The van der Waals surface area contributed by atoms with Crippen molar-refractivity contribution in [2.24, 2.45) is 5.84 Å². The minimum absolute atomic E-state index is 0.434. The van der Waals surface area contributed by atoms with E-state index in [1.165, 1.54) is 0 Å². The van der Waals surface area contributed by atoms with E-state index in [4.69, 9.17) is 10.6 Å². The van der Waals surface area contributed by atoms with Crippen molar-refractivity contribution in [2.45, 2.75) is 6.42 Å². The molecule has 48 valence electrons. The number of rotatable bonds is 0. The quantitative estimate of drug-likeness (QED) is 0.441. The van der Waals surface area contributed by atoms with Gasteiger partial charge in [-0.1, -0.05) is 0 Å². The van der Waals surface area contributed by atoms with Gasteiger partial charge in [0.1, 0.15) is 9.92 Å². The van der Waals surface area contributed by atoms with Crippen LogP contribution in [0.2, 0.25) is 0 Å². The number of hydrazine groups is 1. The molecule has 5 heteroatoms. The lowest BCUT2D eigenvalue weighted by atomic mass is 10.5. The van der Waals surface area contributed by atoms with Crippen LogP contribution in [0.4, 0.5) is 0 Å². The van der Waals surface area contributed by atoms with E-state index in [1.807, 2.05) is 0 Å². The highest BCUT2D eigenvalue weighted by Gasteiger charge is 2.20. The molecule has 1 aliphatic heterocycles. The van der Waals surface area contributed by atoms with Gasteiger partial charge in [-0.3, -0.25) is 5.84 Å². The zero-order chi connectivity index (χ0) is 6.20. The summed E-state index contributed by atoms with van der Waals surface area (Å²) in [5.74, 6) is 5.62. The van der Waals surface area contributed by atoms with Gasteiger partial charge in [-0.05, 0) is 6.42 Å². The molecule has 1 aliphatic rings. The first-order chi connectivity index (χ1) is 3.63. The summed E-state index contributed by atoms with van der Waals surface area (Å²) in [7, 11) is -2.51. The Balaban J connectivity index is 2.85. The third kappa shape index (κ3) is 0.841. The molecule has 4 nitrogen and oxygen atoms in total. The van der Waals surface area contributed by atoms with Gasteiger partial charge in [-0.15, -0.1) is 0 Å². The van der Waals surface area contributed by atoms with E-state index in [1.54, 1.807) is 0 Å². The van der Waals surface area contributed by atoms with Crippen molar-refractivity contribution >= 4 is 9.92 Å². The van der Waals surface area contributed by atoms with Crippen LogP contribution in [0.1, 0.15) is 6.42 Å². The van der Waals surface area contributed by atoms with Crippen LogP contribution in [-0.4, -0.2) is 20.9 Å². The molecule has 0 saturated carbocycles. The second-order valence-corrected chi connectivity index (χ2v) is 4.00. The van der Waals surface area contributed by atoms with E-state index in [-0.39, 0.29) is 0 Å². The highest BCUT2D eigenvalue weighted by Crippen LogP contribution is 2.07. The fourth-order valence-electron chi connectivity index (χ4n) is 0.681. The highest BCUT2D eigenvalue weighted by atomic mass is 32.2. The Hall–Kier alpha value is -0.130. The average Bonchev–Trinajstić information content (AvgIpc) is 1.86. The van der Waals surface area contributed by atoms with Crippen molar-refractivity contribution in [3.63, 3.8) is 0 Å². The van der Waals surface area contributed by atoms with Crippen LogP contribution in [-0.2, 0) is 9.92 Å². The molecule has 0 spiro atoms. The number of nitrogens with zero attached hydrogens (tertiary/aromatic N) is 1. The largest absolute Gasteiger partial charge is 0.256 e. The predicted molar refractivity (Wildman–Crippen MR) is 31.2 cm³/mol. The molecule has 0 radical (unpaired) electrons. The molecule has 8 heavy (non-hydrogen) atoms. The molecular weight excluding hydrogens is 126 g/mol. The van der Waals surface area contributed by atoms with Crippen molar-refractivity contribution < 1.29 is 4.21 Å². The minimum atomic E-state index is -2.51. The van der Waals surface area contributed by atoms with Crippen LogP contribution in [0.15, 0.2) is 0 Å². The Morgan fingerprint density at radius 1 is 1.75 bits per heavy atom. The van der Waals surface area contributed by atoms with Gasteiger partial charge in [-0.25, -0.2) is 8.99 Å². The molecule has 0 aromatic rings. The summed E-state index contributed by atoms with van der Waals surface area (Å²) in [6.45, 7) is 0.600. The first-order valence-electron chi connectivity index (χ1n) is 2.42. The fraction of sp³-hybridized carbons (Fsp3) is 1.00. The number of hydrogen-bond donors (Lipinski definition) is 2. The van der Waals surface area contributed by atoms with Crippen molar-refractivity contribution in [1.29, 1.82) is 4.78 Å². The summed E-state index contributed by atoms with van der Waals surface area (Å²) in [4.78, 5) is 0. The number of hydrogen-bond acceptors (Lipinski definition) is 3. The zero-order valence-electron chi connectivity index (χ0n) is 4.46. The second-order valence-electron chi connectivity index (χ2n) is 1.84. The van der Waals surface area contributed by atoms with E-state index in [0.717, 1.165) is 10.8 Å². The molecule has 1 fully saturated rings. The summed E-state index contributed by atoms with van der Waals surface area (Å²) in [6.07, 6.45) is 0.791. The second kappa shape index (κ2) is 1.68. The van der Waals surface area contributed by atoms with Gasteiger partial charge in [0.05, 0.1) is 0 Å². The minimum Gasteiger partial charge on any atom is -0.256 e. The fourth-order valence-corrected chi connectivity index (χ4v) is 1.86. The predicted octanol–water partition coefficient (Wildman–Crippen LogP) is -0.472. The Kier molecular flexibility index (Phi) is 1.26. The molecule has 0 bridgehead atoms. The topological polar surface area (TPSA) is 70.2 Å². The highest BCUT2D eigenvalue weighted by molar-refractivity contribution is 7.90. The molecular formula is C3H9N3OS. The van der Waals surface area contributed by atoms with Gasteiger partial charge < -0.3 is 0 Å². The van der Waals surface area contributed by atoms with Gasteiger partial charge in [0.2, 0.25) is 0 Å². The van der Waals surface area contributed by atoms with Crippen LogP contribution in [0.5, 0.6) is 0 Å². The monoisotopic (exact) mass is 135 g/mol. The molecule has 0 aromatic carbocycles. The summed E-state index contributed by atoms with van der Waals surface area (Å²) >= 11 is 0. The summed E-state index contributed by atoms with van der Waals surface area (Å²) in [5.41, 5.74) is 0. The van der Waals surface area contributed by atoms with E-state index in [2.05, 4.69) is 0 Å². The van der Waals surface area contributed by atoms with Gasteiger partial charge in [-0.2, -0.15) is 4.41 Å². The normalized spacial score (nSPS) is 40.6. The van der Waals surface area contributed by atoms with Crippen LogP contribution in [0.25, 0.3) is 0 Å². The van der Waals surface area contributed by atoms with Gasteiger partial charge in [0, 0.05) is 12.3 Å². The van der Waals surface area contributed by atoms with Crippen molar-refractivity contribution in [3.05, 3.63) is 0 Å². The summed E-state index contributed by atoms with van der Waals surface area (Å²) in [6, 6.07) is 0. The summed E-state index contributed by atoms with van der Waals surface area (Å²) in [5, 5.41) is 0. The van der Waals surface area contributed by atoms with Crippen LogP contribution in [0.3, 0.4) is 0 Å². The van der Waals surface area contributed by atoms with E-state index in [0.29, 0.717) is 12.3 Å². The molecule has 1 unspecified atom stereocenters. The lowest BCUT2D eigenvalue weighted by molar-refractivity contribution is 0.493. The SMILES string of the molecule is N=S1(=O)CCCN1N. The Bertz CT molecular complexity index is 173. The summed E-state index contributed by atoms with van der Waals surface area (Å²) < 4.78 is 18.9. The third-order valence-corrected chi connectivity index (χ3v) is 2.96. The van der Waals surface area contributed by atoms with E-state index in [9.17, 15) is 4.21 Å². The maximum absolute atomic E-state index is 10.8. The standard InChI is InChI=1S/C3H9N3OS/c4-6-2-1-3-8(6,5)7/h5H,1-4H2. The Labute approximate surface area is 48.7 Å². The first kappa shape index (κ1) is 6.00. The van der Waals surface area contributed by atoms with E-state index < -0.39 is 9.92 Å². The molecule has 0 amide bonds. The molecule has 0 aliphatic carbocycles. The number of nitrogens with one attached hydrogen (secondary N) is 1. The molecule has 3 N–H and O–H groups in total. The van der Waals surface area contributed by atoms with Crippen molar-refractivity contribution in [1.82, 2.24) is 4.41 Å². The molecule has 1 saturated heterocycles. The third-order valence-electron chi connectivity index (χ3n) is 1.18. The maximum Gasteiger partial charge on any atom is 0.120 e. The molecule has 1 rings (SSSR count). The van der Waals surface area contributed by atoms with Crippen molar-refractivity contribution in [3.8, 4) is 0 Å². The van der Waals surface area contributed by atoms with Crippen LogP contribution >= 0.6 is 0 Å². The van der Waals surface area contributed by atoms with Gasteiger partial charge in [0.25, 0.3) is 0 Å². The van der Waals surface area contributed by atoms with Gasteiger partial charge in [0.15, 0.2) is 0 Å². The Morgan fingerprint density at radius 2 is 2.38 bits per heavy atom. The smallest absolute Gasteiger partial charge is 0.120 e. The molecule has 1 heterocycles. The zero-order valence-corrected chi connectivity index (χ0v) is 5.28. The maximum atomic E-state index is 10.8. The lowest BCUT2D eigenvalue weighted by Crippen LogP contribution is -2.31. The molecule has 1 atom stereocenters. The van der Waals surface area contributed by atoms with E-state index >= 15 is 0 Å². The average molecular weight is 135 g/mol. The first-order valence-corrected chi connectivity index (χ1v) is 4.10. The van der Waals surface area contributed by atoms with Crippen molar-refractivity contribution in [2.75, 3.05) is 12.3 Å². The molecule has 0 aromatic heterocycles. The van der Waals surface area contributed by atoms with Crippen LogP contribution in [0, 0.1) is 4.78 Å². The Morgan fingerprint density at radius 3 is 2.50 bits per heavy atom. The lowest BCUT2D eigenvalue weighted by Gasteiger charge is -2.06. The number of nitrogens with two attached hydrogens (primary N) is 1.